The molecule has 1 amide bonds. The first-order chi connectivity index (χ1) is 25.9. The first-order valence-electron chi connectivity index (χ1n) is 21.8. The van der Waals surface area contributed by atoms with Crippen molar-refractivity contribution in [1.82, 2.24) is 5.32 Å². The zero-order chi connectivity index (χ0) is 38.9. The van der Waals surface area contributed by atoms with Crippen LogP contribution in [-0.4, -0.2) is 47.8 Å². The van der Waals surface area contributed by atoms with Gasteiger partial charge in [0.2, 0.25) is 5.91 Å². The Morgan fingerprint density at radius 1 is 0.642 bits per heavy atom. The fourth-order valence-electron chi connectivity index (χ4n) is 6.15. The summed E-state index contributed by atoms with van der Waals surface area (Å²) in [5.41, 5.74) is 5.37. The van der Waals surface area contributed by atoms with Crippen LogP contribution in [0.2, 0.25) is 0 Å². The maximum Gasteiger partial charge on any atom is 0.472 e. The summed E-state index contributed by atoms with van der Waals surface area (Å²) in [6, 6.07) is -0.870. The SMILES string of the molecule is CC/C=C\C/C=C\C/C=C\CCCCCCCC(=O)NC(COP(=O)(O)OCCN)C(O)/C=C/CCCCCCCCCCCCCCCCCCC. The number of phosphoric ester groups is 1. The lowest BCUT2D eigenvalue weighted by Crippen LogP contribution is -2.45. The van der Waals surface area contributed by atoms with Gasteiger partial charge in [0.25, 0.3) is 0 Å². The molecule has 310 valence electrons. The zero-order valence-corrected chi connectivity index (χ0v) is 35.1. The van der Waals surface area contributed by atoms with Crippen LogP contribution in [0, 0.1) is 0 Å². The van der Waals surface area contributed by atoms with Gasteiger partial charge in [-0.05, 0) is 51.4 Å². The Hall–Kier alpha value is -1.54. The number of carbonyl (C=O) groups is 1. The summed E-state index contributed by atoms with van der Waals surface area (Å²) in [6.07, 6.45) is 48.7. The molecule has 5 N–H and O–H groups in total. The minimum absolute atomic E-state index is 0.0740. The predicted octanol–water partition coefficient (Wildman–Crippen LogP) is 12.1. The summed E-state index contributed by atoms with van der Waals surface area (Å²) in [7, 11) is -4.34. The fraction of sp³-hybridized carbons (Fsp3) is 0.795. The van der Waals surface area contributed by atoms with E-state index in [4.69, 9.17) is 14.8 Å². The zero-order valence-electron chi connectivity index (χ0n) is 34.2. The number of hydrogen-bond donors (Lipinski definition) is 4. The molecule has 0 heterocycles. The number of hydrogen-bond acceptors (Lipinski definition) is 6. The third-order valence-corrected chi connectivity index (χ3v) is 10.4. The monoisotopic (exact) mass is 767 g/mol. The van der Waals surface area contributed by atoms with E-state index in [-0.39, 0.29) is 25.7 Å². The fourth-order valence-corrected chi connectivity index (χ4v) is 6.91. The molecule has 0 aliphatic carbocycles. The van der Waals surface area contributed by atoms with Crippen LogP contribution in [0.1, 0.15) is 194 Å². The van der Waals surface area contributed by atoms with Gasteiger partial charge in [0, 0.05) is 13.0 Å². The van der Waals surface area contributed by atoms with Crippen molar-refractivity contribution < 1.29 is 28.4 Å². The number of nitrogens with one attached hydrogen (secondary N) is 1. The number of allylic oxidation sites excluding steroid dienone is 7. The molecule has 0 aliphatic rings. The highest BCUT2D eigenvalue weighted by Gasteiger charge is 2.26. The average Bonchev–Trinajstić information content (AvgIpc) is 3.14. The molecule has 0 aromatic rings. The molecule has 0 aromatic carbocycles. The van der Waals surface area contributed by atoms with Crippen molar-refractivity contribution in [3.8, 4) is 0 Å². The maximum absolute atomic E-state index is 12.7. The number of phosphoric acid groups is 1. The minimum atomic E-state index is -4.34. The van der Waals surface area contributed by atoms with Crippen LogP contribution in [0.3, 0.4) is 0 Å². The minimum Gasteiger partial charge on any atom is -0.387 e. The summed E-state index contributed by atoms with van der Waals surface area (Å²) in [4.78, 5) is 22.7. The van der Waals surface area contributed by atoms with E-state index in [2.05, 4.69) is 55.6 Å². The quantitative estimate of drug-likeness (QED) is 0.0277. The maximum atomic E-state index is 12.7. The Bertz CT molecular complexity index is 970. The second kappa shape index (κ2) is 40.1. The average molecular weight is 767 g/mol. The second-order valence-electron chi connectivity index (χ2n) is 14.5. The van der Waals surface area contributed by atoms with Crippen molar-refractivity contribution in [3.63, 3.8) is 0 Å². The van der Waals surface area contributed by atoms with Crippen molar-refractivity contribution in [2.45, 2.75) is 206 Å². The van der Waals surface area contributed by atoms with Gasteiger partial charge in [-0.1, -0.05) is 184 Å². The van der Waals surface area contributed by atoms with E-state index in [0.29, 0.717) is 6.42 Å². The van der Waals surface area contributed by atoms with E-state index in [9.17, 15) is 19.4 Å². The van der Waals surface area contributed by atoms with Crippen molar-refractivity contribution in [2.75, 3.05) is 19.8 Å². The molecule has 0 saturated heterocycles. The Morgan fingerprint density at radius 3 is 1.60 bits per heavy atom. The molecule has 0 bridgehead atoms. The standard InChI is InChI=1S/C44H83N2O6P/c1-3-5-7-9-11-13-15-17-19-20-21-22-24-25-27-29-31-33-35-37-43(47)42(41-52-53(49,50)51-40-39-45)46-44(48)38-36-34-32-30-28-26-23-18-16-14-12-10-8-6-4-2/h6,8,12,14,18,23,35,37,42-43,47H,3-5,7,9-11,13,15-17,19-22,24-34,36,38-41,45H2,1-2H3,(H,46,48)(H,49,50)/b8-6-,14-12-,23-18-,37-35+. The van der Waals surface area contributed by atoms with Crippen molar-refractivity contribution in [2.24, 2.45) is 5.73 Å². The molecular weight excluding hydrogens is 683 g/mol. The normalized spacial score (nSPS) is 14.6. The van der Waals surface area contributed by atoms with Crippen LogP contribution in [0.15, 0.2) is 48.6 Å². The van der Waals surface area contributed by atoms with Crippen molar-refractivity contribution in [1.29, 1.82) is 0 Å². The van der Waals surface area contributed by atoms with E-state index < -0.39 is 20.0 Å². The van der Waals surface area contributed by atoms with Crippen LogP contribution in [0.25, 0.3) is 0 Å². The number of carbonyl (C=O) groups excluding carboxylic acids is 1. The van der Waals surface area contributed by atoms with Gasteiger partial charge in [0.05, 0.1) is 25.4 Å². The van der Waals surface area contributed by atoms with E-state index >= 15 is 0 Å². The smallest absolute Gasteiger partial charge is 0.387 e. The number of aliphatic hydroxyl groups is 1. The summed E-state index contributed by atoms with van der Waals surface area (Å²) in [5.74, 6) is -0.212. The predicted molar refractivity (Wildman–Crippen MR) is 226 cm³/mol. The largest absolute Gasteiger partial charge is 0.472 e. The summed E-state index contributed by atoms with van der Waals surface area (Å²) in [5, 5.41) is 13.7. The lowest BCUT2D eigenvalue weighted by Gasteiger charge is -2.23. The van der Waals surface area contributed by atoms with E-state index in [1.54, 1.807) is 6.08 Å². The number of unbranched alkanes of at least 4 members (excludes halogenated alkanes) is 22. The van der Waals surface area contributed by atoms with Crippen LogP contribution >= 0.6 is 7.82 Å². The second-order valence-corrected chi connectivity index (χ2v) is 16.0. The Balaban J connectivity index is 4.24. The lowest BCUT2D eigenvalue weighted by atomic mass is 10.0. The molecule has 0 saturated carbocycles. The van der Waals surface area contributed by atoms with Crippen LogP contribution in [-0.2, 0) is 18.4 Å². The van der Waals surface area contributed by atoms with Gasteiger partial charge in [0.15, 0.2) is 0 Å². The topological polar surface area (TPSA) is 131 Å². The van der Waals surface area contributed by atoms with E-state index in [1.165, 1.54) is 96.3 Å². The number of rotatable bonds is 40. The van der Waals surface area contributed by atoms with E-state index in [0.717, 1.165) is 77.0 Å². The number of aliphatic hydroxyl groups excluding tert-OH is 1. The van der Waals surface area contributed by atoms with Gasteiger partial charge in [-0.15, -0.1) is 0 Å². The summed E-state index contributed by atoms with van der Waals surface area (Å²) >= 11 is 0. The van der Waals surface area contributed by atoms with Crippen LogP contribution < -0.4 is 11.1 Å². The van der Waals surface area contributed by atoms with Gasteiger partial charge >= 0.3 is 7.82 Å². The van der Waals surface area contributed by atoms with Gasteiger partial charge in [-0.25, -0.2) is 4.57 Å². The van der Waals surface area contributed by atoms with Gasteiger partial charge < -0.3 is 21.1 Å². The third-order valence-electron chi connectivity index (χ3n) is 9.41. The molecule has 0 fully saturated rings. The molecule has 0 rings (SSSR count). The van der Waals surface area contributed by atoms with Crippen LogP contribution in [0.5, 0.6) is 0 Å². The molecule has 3 unspecified atom stereocenters. The van der Waals surface area contributed by atoms with Crippen LogP contribution in [0.4, 0.5) is 0 Å². The molecule has 53 heavy (non-hydrogen) atoms. The molecule has 3 atom stereocenters. The number of nitrogens with two attached hydrogens (primary N) is 1. The number of amides is 1. The van der Waals surface area contributed by atoms with Gasteiger partial charge in [-0.3, -0.25) is 13.8 Å². The molecule has 0 aliphatic heterocycles. The molecule has 9 heteroatoms. The molecule has 0 spiro atoms. The highest BCUT2D eigenvalue weighted by Crippen LogP contribution is 2.43. The molecule has 8 nitrogen and oxygen atoms in total. The summed E-state index contributed by atoms with van der Waals surface area (Å²) < 4.78 is 22.1. The highest BCUT2D eigenvalue weighted by molar-refractivity contribution is 7.47. The third kappa shape index (κ3) is 38.5. The molecule has 0 radical (unpaired) electrons. The Labute approximate surface area is 326 Å². The van der Waals surface area contributed by atoms with Gasteiger partial charge in [0.1, 0.15) is 0 Å². The van der Waals surface area contributed by atoms with E-state index in [1.807, 2.05) is 6.08 Å². The highest BCUT2D eigenvalue weighted by atomic mass is 31.2. The first-order valence-corrected chi connectivity index (χ1v) is 23.3. The van der Waals surface area contributed by atoms with Crippen molar-refractivity contribution >= 4 is 13.7 Å². The first kappa shape index (κ1) is 51.5. The lowest BCUT2D eigenvalue weighted by molar-refractivity contribution is -0.123. The van der Waals surface area contributed by atoms with Gasteiger partial charge in [-0.2, -0.15) is 0 Å². The molecular formula is C44H83N2O6P. The Morgan fingerprint density at radius 2 is 1.09 bits per heavy atom. The van der Waals surface area contributed by atoms with Crippen molar-refractivity contribution in [3.05, 3.63) is 48.6 Å². The Kier molecular flexibility index (Phi) is 39.0. The molecule has 0 aromatic heterocycles. The summed E-state index contributed by atoms with van der Waals surface area (Å²) in [6.45, 7) is 4.01.